The standard InChI is InChI=1S/C17H27N/c1-6-15-10-7-11-16(13-15)14(2)9-8-12-18-17(3,4)5/h7,9-11,13,18H,6,8,12H2,1-5H3/b14-9+. The number of nitrogens with one attached hydrogen (secondary N) is 1. The molecule has 1 rings (SSSR count). The van der Waals surface area contributed by atoms with Crippen LogP contribution in [0.2, 0.25) is 0 Å². The molecule has 0 spiro atoms. The summed E-state index contributed by atoms with van der Waals surface area (Å²) in [4.78, 5) is 0. The van der Waals surface area contributed by atoms with Gasteiger partial charge in [-0.3, -0.25) is 0 Å². The molecule has 0 aliphatic heterocycles. The third kappa shape index (κ3) is 5.50. The predicted octanol–water partition coefficient (Wildman–Crippen LogP) is 4.43. The first-order valence-corrected chi connectivity index (χ1v) is 6.93. The van der Waals surface area contributed by atoms with Gasteiger partial charge in [-0.05, 0) is 63.8 Å². The van der Waals surface area contributed by atoms with Gasteiger partial charge in [0.15, 0.2) is 0 Å². The predicted molar refractivity (Wildman–Crippen MR) is 81.8 cm³/mol. The molecule has 0 amide bonds. The Morgan fingerprint density at radius 2 is 2.00 bits per heavy atom. The van der Waals surface area contributed by atoms with E-state index in [1.807, 2.05) is 0 Å². The molecule has 0 saturated heterocycles. The third-order valence-corrected chi connectivity index (χ3v) is 3.04. The first-order valence-electron chi connectivity index (χ1n) is 6.93. The summed E-state index contributed by atoms with van der Waals surface area (Å²) >= 11 is 0. The largest absolute Gasteiger partial charge is 0.312 e. The zero-order valence-electron chi connectivity index (χ0n) is 12.5. The molecular weight excluding hydrogens is 218 g/mol. The number of hydrogen-bond donors (Lipinski definition) is 1. The van der Waals surface area contributed by atoms with Crippen molar-refractivity contribution in [1.82, 2.24) is 5.32 Å². The molecule has 18 heavy (non-hydrogen) atoms. The first kappa shape index (κ1) is 15.0. The normalized spacial score (nSPS) is 12.8. The maximum atomic E-state index is 3.51. The molecule has 0 heterocycles. The van der Waals surface area contributed by atoms with Gasteiger partial charge in [0.1, 0.15) is 0 Å². The van der Waals surface area contributed by atoms with Crippen LogP contribution in [0.5, 0.6) is 0 Å². The van der Waals surface area contributed by atoms with Crippen LogP contribution < -0.4 is 5.32 Å². The molecular formula is C17H27N. The van der Waals surface area contributed by atoms with Crippen LogP contribution in [0, 0.1) is 0 Å². The van der Waals surface area contributed by atoms with E-state index in [0.717, 1.165) is 19.4 Å². The number of hydrogen-bond acceptors (Lipinski definition) is 1. The maximum Gasteiger partial charge on any atom is 0.00966 e. The topological polar surface area (TPSA) is 12.0 Å². The maximum absolute atomic E-state index is 3.51. The number of aryl methyl sites for hydroxylation is 1. The van der Waals surface area contributed by atoms with Crippen molar-refractivity contribution in [1.29, 1.82) is 0 Å². The van der Waals surface area contributed by atoms with E-state index >= 15 is 0 Å². The van der Waals surface area contributed by atoms with E-state index in [2.05, 4.69) is 70.3 Å². The lowest BCUT2D eigenvalue weighted by Gasteiger charge is -2.19. The molecule has 1 nitrogen and oxygen atoms in total. The Morgan fingerprint density at radius 3 is 2.61 bits per heavy atom. The Bertz CT molecular complexity index is 396. The fourth-order valence-corrected chi connectivity index (χ4v) is 1.89. The molecule has 1 N–H and O–H groups in total. The zero-order chi connectivity index (χ0) is 13.6. The van der Waals surface area contributed by atoms with Crippen LogP contribution >= 0.6 is 0 Å². The fraction of sp³-hybridized carbons (Fsp3) is 0.529. The van der Waals surface area contributed by atoms with Crippen molar-refractivity contribution in [2.75, 3.05) is 6.54 Å². The van der Waals surface area contributed by atoms with Crippen LogP contribution in [0.1, 0.15) is 52.2 Å². The van der Waals surface area contributed by atoms with Crippen molar-refractivity contribution in [3.05, 3.63) is 41.5 Å². The highest BCUT2D eigenvalue weighted by Gasteiger charge is 2.06. The van der Waals surface area contributed by atoms with E-state index < -0.39 is 0 Å². The molecule has 1 aromatic carbocycles. The lowest BCUT2D eigenvalue weighted by atomic mass is 10.0. The van der Waals surface area contributed by atoms with Gasteiger partial charge < -0.3 is 5.32 Å². The molecule has 100 valence electrons. The second-order valence-corrected chi connectivity index (χ2v) is 5.91. The quantitative estimate of drug-likeness (QED) is 0.757. The van der Waals surface area contributed by atoms with Crippen molar-refractivity contribution in [2.45, 2.75) is 53.0 Å². The number of benzene rings is 1. The van der Waals surface area contributed by atoms with E-state index in [9.17, 15) is 0 Å². The molecule has 0 unspecified atom stereocenters. The van der Waals surface area contributed by atoms with E-state index in [-0.39, 0.29) is 5.54 Å². The Balaban J connectivity index is 2.55. The number of rotatable bonds is 5. The minimum atomic E-state index is 0.212. The molecule has 0 fully saturated rings. The Kier molecular flexibility index (Phi) is 5.61. The van der Waals surface area contributed by atoms with Gasteiger partial charge in [-0.1, -0.05) is 37.3 Å². The molecule has 0 atom stereocenters. The summed E-state index contributed by atoms with van der Waals surface area (Å²) in [5.41, 5.74) is 4.35. The average Bonchev–Trinajstić information content (AvgIpc) is 2.33. The van der Waals surface area contributed by atoms with E-state index in [4.69, 9.17) is 0 Å². The highest BCUT2D eigenvalue weighted by Crippen LogP contribution is 2.16. The van der Waals surface area contributed by atoms with Gasteiger partial charge in [0.2, 0.25) is 0 Å². The molecule has 0 saturated carbocycles. The summed E-state index contributed by atoms with van der Waals surface area (Å²) in [6.07, 6.45) is 4.51. The Hall–Kier alpha value is -1.08. The highest BCUT2D eigenvalue weighted by molar-refractivity contribution is 5.64. The van der Waals surface area contributed by atoms with Crippen molar-refractivity contribution >= 4 is 5.57 Å². The van der Waals surface area contributed by atoms with Crippen LogP contribution in [0.4, 0.5) is 0 Å². The minimum Gasteiger partial charge on any atom is -0.312 e. The van der Waals surface area contributed by atoms with Gasteiger partial charge in [-0.15, -0.1) is 0 Å². The second-order valence-electron chi connectivity index (χ2n) is 5.91. The van der Waals surface area contributed by atoms with Gasteiger partial charge in [-0.2, -0.15) is 0 Å². The third-order valence-electron chi connectivity index (χ3n) is 3.04. The SMILES string of the molecule is CCc1cccc(/C(C)=C/CCNC(C)(C)C)c1. The minimum absolute atomic E-state index is 0.212. The van der Waals surface area contributed by atoms with Crippen LogP contribution in [-0.4, -0.2) is 12.1 Å². The van der Waals surface area contributed by atoms with Crippen LogP contribution in [-0.2, 0) is 6.42 Å². The summed E-state index contributed by atoms with van der Waals surface area (Å²) in [5, 5.41) is 3.51. The lowest BCUT2D eigenvalue weighted by Crippen LogP contribution is -2.36. The lowest BCUT2D eigenvalue weighted by molar-refractivity contribution is 0.431. The summed E-state index contributed by atoms with van der Waals surface area (Å²) in [5.74, 6) is 0. The van der Waals surface area contributed by atoms with Gasteiger partial charge in [0.25, 0.3) is 0 Å². The summed E-state index contributed by atoms with van der Waals surface area (Å²) in [6, 6.07) is 8.84. The monoisotopic (exact) mass is 245 g/mol. The van der Waals surface area contributed by atoms with E-state index in [1.54, 1.807) is 0 Å². The van der Waals surface area contributed by atoms with Crippen molar-refractivity contribution < 1.29 is 0 Å². The van der Waals surface area contributed by atoms with Crippen LogP contribution in [0.15, 0.2) is 30.3 Å². The molecule has 0 aromatic heterocycles. The van der Waals surface area contributed by atoms with Crippen molar-refractivity contribution in [3.8, 4) is 0 Å². The summed E-state index contributed by atoms with van der Waals surface area (Å²) < 4.78 is 0. The van der Waals surface area contributed by atoms with Gasteiger partial charge in [0.05, 0.1) is 0 Å². The molecule has 0 aliphatic rings. The van der Waals surface area contributed by atoms with Crippen molar-refractivity contribution in [2.24, 2.45) is 0 Å². The first-order chi connectivity index (χ1) is 8.42. The van der Waals surface area contributed by atoms with E-state index in [1.165, 1.54) is 16.7 Å². The molecule has 0 bridgehead atoms. The van der Waals surface area contributed by atoms with Crippen LogP contribution in [0.3, 0.4) is 0 Å². The van der Waals surface area contributed by atoms with Crippen LogP contribution in [0.25, 0.3) is 5.57 Å². The zero-order valence-corrected chi connectivity index (χ0v) is 12.5. The second kappa shape index (κ2) is 6.75. The molecule has 1 aromatic rings. The highest BCUT2D eigenvalue weighted by atomic mass is 14.9. The van der Waals surface area contributed by atoms with E-state index in [0.29, 0.717) is 0 Å². The Morgan fingerprint density at radius 1 is 1.28 bits per heavy atom. The average molecular weight is 245 g/mol. The van der Waals surface area contributed by atoms with Gasteiger partial charge in [-0.25, -0.2) is 0 Å². The summed E-state index contributed by atoms with van der Waals surface area (Å²) in [6.45, 7) is 12.0. The Labute approximate surface area is 112 Å². The fourth-order valence-electron chi connectivity index (χ4n) is 1.89. The number of allylic oxidation sites excluding steroid dienone is 1. The molecule has 0 radical (unpaired) electrons. The summed E-state index contributed by atoms with van der Waals surface area (Å²) in [7, 11) is 0. The van der Waals surface area contributed by atoms with Gasteiger partial charge >= 0.3 is 0 Å². The van der Waals surface area contributed by atoms with Gasteiger partial charge in [0, 0.05) is 5.54 Å². The molecule has 0 aliphatic carbocycles. The van der Waals surface area contributed by atoms with Crippen molar-refractivity contribution in [3.63, 3.8) is 0 Å². The smallest absolute Gasteiger partial charge is 0.00966 e. The molecule has 1 heteroatoms.